The molecule has 0 radical (unpaired) electrons. The average molecular weight is 278 g/mol. The van der Waals surface area contributed by atoms with E-state index in [2.05, 4.69) is 18.9 Å². The van der Waals surface area contributed by atoms with Crippen molar-refractivity contribution in [1.29, 1.82) is 0 Å². The smallest absolute Gasteiger partial charge is 0.212 e. The average Bonchev–Trinajstić information content (AvgIpc) is 2.70. The summed E-state index contributed by atoms with van der Waals surface area (Å²) in [6.45, 7) is 5.53. The minimum Gasteiger partial charge on any atom is -0.282 e. The van der Waals surface area contributed by atoms with Gasteiger partial charge in [-0.1, -0.05) is 18.3 Å². The van der Waals surface area contributed by atoms with E-state index < -0.39 is 0 Å². The van der Waals surface area contributed by atoms with Gasteiger partial charge in [0.05, 0.1) is 4.58 Å². The van der Waals surface area contributed by atoms with Gasteiger partial charge in [0, 0.05) is 5.08 Å². The van der Waals surface area contributed by atoms with Crippen LogP contribution < -0.4 is 0 Å². The first-order valence-corrected chi connectivity index (χ1v) is 8.56. The molecule has 0 aromatic carbocycles. The Balaban J connectivity index is 2.08. The van der Waals surface area contributed by atoms with Gasteiger partial charge in [-0.05, 0) is 35.5 Å². The largest absolute Gasteiger partial charge is 0.282 e. The van der Waals surface area contributed by atoms with Crippen LogP contribution in [-0.2, 0) is 4.79 Å². The molecule has 0 aliphatic carbocycles. The van der Waals surface area contributed by atoms with Gasteiger partial charge < -0.3 is 0 Å². The second-order valence-corrected chi connectivity index (χ2v) is 8.26. The van der Waals surface area contributed by atoms with E-state index in [1.54, 1.807) is 0 Å². The Morgan fingerprint density at radius 3 is 3.20 bits per heavy atom. The fraction of sp³-hybridized carbons (Fsp3) is 0.500. The van der Waals surface area contributed by atoms with Crippen molar-refractivity contribution >= 4 is 52.2 Å². The summed E-state index contributed by atoms with van der Waals surface area (Å²) in [5.41, 5.74) is 0. The van der Waals surface area contributed by atoms with Crippen LogP contribution in [0, 0.1) is 0 Å². The summed E-state index contributed by atoms with van der Waals surface area (Å²) in [5.74, 6) is 1.10. The third-order valence-electron chi connectivity index (χ3n) is 1.68. The number of carbonyl (C=O) groups excluding carboxylic acids is 1. The predicted octanol–water partition coefficient (Wildman–Crippen LogP) is 4.18. The summed E-state index contributed by atoms with van der Waals surface area (Å²) < 4.78 is 0.329. The van der Waals surface area contributed by atoms with Crippen molar-refractivity contribution in [3.63, 3.8) is 0 Å². The lowest BCUT2D eigenvalue weighted by Crippen LogP contribution is -1.96. The number of hydrogen-bond acceptors (Lipinski definition) is 5. The van der Waals surface area contributed by atoms with Gasteiger partial charge in [-0.2, -0.15) is 0 Å². The molecule has 0 saturated heterocycles. The van der Waals surface area contributed by atoms with Crippen LogP contribution in [0.15, 0.2) is 23.0 Å². The molecule has 1 rings (SSSR count). The molecule has 1 nitrogen and oxygen atoms in total. The van der Waals surface area contributed by atoms with Gasteiger partial charge >= 0.3 is 0 Å². The van der Waals surface area contributed by atoms with Gasteiger partial charge in [0.2, 0.25) is 5.12 Å². The normalized spacial score (nSPS) is 17.3. The van der Waals surface area contributed by atoms with Crippen LogP contribution in [-0.4, -0.2) is 20.5 Å². The maximum Gasteiger partial charge on any atom is 0.212 e. The zero-order chi connectivity index (χ0) is 11.1. The number of carbonyl (C=O) groups is 1. The van der Waals surface area contributed by atoms with Gasteiger partial charge in [0.1, 0.15) is 0 Å². The van der Waals surface area contributed by atoms with Gasteiger partial charge in [0.25, 0.3) is 0 Å². The summed E-state index contributed by atoms with van der Waals surface area (Å²) >= 11 is 7.00. The minimum absolute atomic E-state index is 0.0695. The molecule has 0 spiro atoms. The number of hydrogen-bond donors (Lipinski definition) is 0. The maximum atomic E-state index is 11.1. The van der Waals surface area contributed by atoms with E-state index in [1.807, 2.05) is 35.3 Å². The molecule has 0 N–H and O–H groups in total. The van der Waals surface area contributed by atoms with Crippen molar-refractivity contribution in [2.45, 2.75) is 17.9 Å². The van der Waals surface area contributed by atoms with Crippen molar-refractivity contribution in [1.82, 2.24) is 0 Å². The molecule has 0 bridgehead atoms. The predicted molar refractivity (Wildman–Crippen MR) is 77.5 cm³/mol. The maximum absolute atomic E-state index is 11.1. The van der Waals surface area contributed by atoms with Crippen LogP contribution in [0.25, 0.3) is 0 Å². The highest BCUT2D eigenvalue weighted by atomic mass is 32.2. The molecule has 1 aliphatic heterocycles. The van der Waals surface area contributed by atoms with E-state index in [0.717, 1.165) is 12.2 Å². The molecular weight excluding hydrogens is 264 g/mol. The van der Waals surface area contributed by atoms with Crippen molar-refractivity contribution in [3.05, 3.63) is 23.0 Å². The van der Waals surface area contributed by atoms with Crippen molar-refractivity contribution in [2.24, 2.45) is 0 Å². The molecule has 0 aromatic rings. The molecule has 0 aromatic heterocycles. The van der Waals surface area contributed by atoms with Crippen molar-refractivity contribution in [3.8, 4) is 0 Å². The molecule has 5 heteroatoms. The highest BCUT2D eigenvalue weighted by Gasteiger charge is 2.09. The Hall–Kier alpha value is 0.550. The lowest BCUT2D eigenvalue weighted by Gasteiger charge is -2.08. The molecule has 0 saturated carbocycles. The van der Waals surface area contributed by atoms with Crippen LogP contribution in [0.2, 0.25) is 0 Å². The van der Waals surface area contributed by atoms with Crippen LogP contribution in [0.4, 0.5) is 0 Å². The summed E-state index contributed by atoms with van der Waals surface area (Å²) in [6.07, 6.45) is 2.52. The molecule has 1 unspecified atom stereocenters. The summed E-state index contributed by atoms with van der Waals surface area (Å²) in [7, 11) is 0. The summed E-state index contributed by atoms with van der Waals surface area (Å²) in [4.78, 5) is 12.5. The lowest BCUT2D eigenvalue weighted by atomic mass is 10.5. The van der Waals surface area contributed by atoms with Crippen LogP contribution in [0.3, 0.4) is 0 Å². The Morgan fingerprint density at radius 1 is 1.80 bits per heavy atom. The van der Waals surface area contributed by atoms with Gasteiger partial charge in [0.15, 0.2) is 0 Å². The van der Waals surface area contributed by atoms with E-state index in [9.17, 15) is 4.79 Å². The topological polar surface area (TPSA) is 17.1 Å². The number of thioether (sulfide) groups is 4. The Kier molecular flexibility index (Phi) is 7.05. The van der Waals surface area contributed by atoms with E-state index in [4.69, 9.17) is 0 Å². The highest BCUT2D eigenvalue weighted by Crippen LogP contribution is 2.35. The quantitative estimate of drug-likeness (QED) is 0.534. The second-order valence-electron chi connectivity index (χ2n) is 2.84. The first-order valence-electron chi connectivity index (χ1n) is 4.60. The van der Waals surface area contributed by atoms with Crippen LogP contribution in [0.5, 0.6) is 0 Å². The SMILES string of the molecule is C=CC(=O)SC(C)SCCC1=CSCS1. The zero-order valence-electron chi connectivity index (χ0n) is 8.60. The standard InChI is InChI=1S/C10H14OS4/c1-3-10(11)15-8(2)13-5-4-9-6-12-7-14-9/h3,6,8H,1,4-5,7H2,2H3. The van der Waals surface area contributed by atoms with Crippen LogP contribution >= 0.6 is 47.0 Å². The van der Waals surface area contributed by atoms with Gasteiger partial charge in [-0.3, -0.25) is 4.79 Å². The molecular formula is C10H14OS4. The minimum atomic E-state index is 0.0695. The molecule has 15 heavy (non-hydrogen) atoms. The zero-order valence-corrected chi connectivity index (χ0v) is 11.9. The first kappa shape index (κ1) is 13.6. The first-order chi connectivity index (χ1) is 7.22. The summed E-state index contributed by atoms with van der Waals surface area (Å²) in [5, 5.41) is 3.48. The highest BCUT2D eigenvalue weighted by molar-refractivity contribution is 8.25. The molecule has 1 heterocycles. The Labute approximate surface area is 108 Å². The van der Waals surface area contributed by atoms with E-state index in [1.165, 1.54) is 27.8 Å². The molecule has 84 valence electrons. The molecule has 1 aliphatic rings. The van der Waals surface area contributed by atoms with E-state index in [-0.39, 0.29) is 5.12 Å². The second kappa shape index (κ2) is 7.76. The third-order valence-corrected chi connectivity index (χ3v) is 6.32. The van der Waals surface area contributed by atoms with Crippen molar-refractivity contribution < 1.29 is 4.79 Å². The fourth-order valence-electron chi connectivity index (χ4n) is 0.973. The molecule has 0 amide bonds. The third kappa shape index (κ3) is 6.00. The fourth-order valence-corrected chi connectivity index (χ4v) is 5.22. The monoisotopic (exact) mass is 278 g/mol. The molecule has 0 fully saturated rings. The number of rotatable bonds is 6. The Bertz CT molecular complexity index is 262. The van der Waals surface area contributed by atoms with Crippen molar-refractivity contribution in [2.75, 3.05) is 10.8 Å². The molecule has 1 atom stereocenters. The Morgan fingerprint density at radius 2 is 2.60 bits per heavy atom. The lowest BCUT2D eigenvalue weighted by molar-refractivity contribution is -0.107. The summed E-state index contributed by atoms with van der Waals surface area (Å²) in [6, 6.07) is 0. The van der Waals surface area contributed by atoms with Gasteiger partial charge in [-0.25, -0.2) is 0 Å². The van der Waals surface area contributed by atoms with E-state index in [0.29, 0.717) is 4.58 Å². The van der Waals surface area contributed by atoms with Crippen LogP contribution in [0.1, 0.15) is 13.3 Å². The van der Waals surface area contributed by atoms with Gasteiger partial charge in [-0.15, -0.1) is 35.3 Å². The van der Waals surface area contributed by atoms with E-state index >= 15 is 0 Å². The number of allylic oxidation sites excluding steroid dienone is 1.